The summed E-state index contributed by atoms with van der Waals surface area (Å²) in [7, 11) is 1.31. The second kappa shape index (κ2) is 8.74. The highest BCUT2D eigenvalue weighted by atomic mass is 32.1. The number of methoxy groups -OCH3 is 1. The third-order valence-corrected chi connectivity index (χ3v) is 5.88. The topological polar surface area (TPSA) is 90.9 Å². The van der Waals surface area contributed by atoms with E-state index in [4.69, 9.17) is 14.2 Å². The van der Waals surface area contributed by atoms with Gasteiger partial charge in [0.2, 0.25) is 0 Å². The fourth-order valence-electron chi connectivity index (χ4n) is 3.60. The zero-order chi connectivity index (χ0) is 22.9. The minimum Gasteiger partial charge on any atom is -0.487 e. The summed E-state index contributed by atoms with van der Waals surface area (Å²) in [4.78, 5) is 35.5. The number of fused-ring (bicyclic) bond motifs is 1. The molecule has 2 atom stereocenters. The van der Waals surface area contributed by atoms with Crippen molar-refractivity contribution in [2.75, 3.05) is 13.7 Å². The number of likely N-dealkylation sites (tertiary alicyclic amines) is 1. The second-order valence-corrected chi connectivity index (χ2v) is 9.42. The van der Waals surface area contributed by atoms with Gasteiger partial charge in [-0.1, -0.05) is 6.07 Å². The average molecular weight is 456 g/mol. The van der Waals surface area contributed by atoms with Gasteiger partial charge in [0.1, 0.15) is 23.5 Å². The molecule has 3 aromatic heterocycles. The molecule has 32 heavy (non-hydrogen) atoms. The average Bonchev–Trinajstić information content (AvgIpc) is 3.40. The van der Waals surface area contributed by atoms with Crippen LogP contribution in [0.5, 0.6) is 5.75 Å². The number of rotatable bonds is 4. The Hall–Kier alpha value is -3.20. The van der Waals surface area contributed by atoms with Gasteiger partial charge in [0, 0.05) is 18.7 Å². The number of ether oxygens (including phenoxy) is 3. The Bertz CT molecular complexity index is 1130. The molecule has 9 heteroatoms. The van der Waals surface area contributed by atoms with Crippen LogP contribution in [0.2, 0.25) is 0 Å². The first-order valence-electron chi connectivity index (χ1n) is 10.3. The Morgan fingerprint density at radius 2 is 2.00 bits per heavy atom. The van der Waals surface area contributed by atoms with E-state index in [0.717, 1.165) is 15.9 Å². The summed E-state index contributed by atoms with van der Waals surface area (Å²) in [6.07, 6.45) is 1.05. The number of carbonyl (C=O) groups is 2. The molecule has 1 saturated heterocycles. The van der Waals surface area contributed by atoms with Crippen molar-refractivity contribution in [3.63, 3.8) is 0 Å². The van der Waals surface area contributed by atoms with Crippen LogP contribution in [-0.2, 0) is 14.3 Å². The van der Waals surface area contributed by atoms with Crippen molar-refractivity contribution in [1.82, 2.24) is 14.9 Å². The summed E-state index contributed by atoms with van der Waals surface area (Å²) in [6, 6.07) is 8.65. The number of amides is 1. The lowest BCUT2D eigenvalue weighted by atomic mass is 10.2. The van der Waals surface area contributed by atoms with Gasteiger partial charge in [0.15, 0.2) is 0 Å². The molecular formula is C23H25N3O5S. The summed E-state index contributed by atoms with van der Waals surface area (Å²) >= 11 is 1.52. The molecule has 1 aliphatic rings. The fourth-order valence-corrected chi connectivity index (χ4v) is 4.39. The minimum atomic E-state index is -0.768. The van der Waals surface area contributed by atoms with Crippen LogP contribution >= 0.6 is 11.3 Å². The van der Waals surface area contributed by atoms with E-state index in [1.165, 1.54) is 23.3 Å². The van der Waals surface area contributed by atoms with Crippen LogP contribution in [0.3, 0.4) is 0 Å². The van der Waals surface area contributed by atoms with Crippen LogP contribution in [0.25, 0.3) is 21.6 Å². The lowest BCUT2D eigenvalue weighted by molar-refractivity contribution is -0.145. The fraction of sp³-hybridized carbons (Fsp3) is 0.391. The maximum Gasteiger partial charge on any atom is 0.411 e. The minimum absolute atomic E-state index is 0.211. The zero-order valence-corrected chi connectivity index (χ0v) is 19.2. The van der Waals surface area contributed by atoms with Crippen molar-refractivity contribution >= 4 is 33.6 Å². The lowest BCUT2D eigenvalue weighted by Crippen LogP contribution is -2.44. The van der Waals surface area contributed by atoms with Crippen molar-refractivity contribution in [3.8, 4) is 17.1 Å². The molecule has 4 rings (SSSR count). The van der Waals surface area contributed by atoms with E-state index in [1.54, 1.807) is 27.0 Å². The zero-order valence-electron chi connectivity index (χ0n) is 18.4. The first-order valence-corrected chi connectivity index (χ1v) is 11.2. The molecule has 8 nitrogen and oxygen atoms in total. The van der Waals surface area contributed by atoms with Crippen molar-refractivity contribution in [2.45, 2.75) is 44.9 Å². The summed E-state index contributed by atoms with van der Waals surface area (Å²) in [5.41, 5.74) is 1.56. The summed E-state index contributed by atoms with van der Waals surface area (Å²) in [5, 5.41) is 1.95. The molecule has 0 aromatic carbocycles. The number of esters is 1. The molecule has 1 fully saturated rings. The van der Waals surface area contributed by atoms with E-state index in [0.29, 0.717) is 17.9 Å². The van der Waals surface area contributed by atoms with Gasteiger partial charge in [-0.15, -0.1) is 11.3 Å². The van der Waals surface area contributed by atoms with E-state index < -0.39 is 29.8 Å². The lowest BCUT2D eigenvalue weighted by Gasteiger charge is -2.27. The number of thiophene rings is 1. The number of pyridine rings is 2. The van der Waals surface area contributed by atoms with E-state index in [2.05, 4.69) is 9.97 Å². The molecule has 0 saturated carbocycles. The van der Waals surface area contributed by atoms with Gasteiger partial charge in [-0.3, -0.25) is 9.88 Å². The largest absolute Gasteiger partial charge is 0.487 e. The summed E-state index contributed by atoms with van der Waals surface area (Å²) < 4.78 is 17.6. The van der Waals surface area contributed by atoms with Crippen LogP contribution < -0.4 is 4.74 Å². The van der Waals surface area contributed by atoms with Crippen molar-refractivity contribution < 1.29 is 23.8 Å². The molecule has 3 aromatic rings. The van der Waals surface area contributed by atoms with Gasteiger partial charge in [-0.2, -0.15) is 0 Å². The highest BCUT2D eigenvalue weighted by Crippen LogP contribution is 2.35. The number of hydrogen-bond acceptors (Lipinski definition) is 8. The van der Waals surface area contributed by atoms with Gasteiger partial charge >= 0.3 is 12.1 Å². The maximum absolute atomic E-state index is 12.7. The van der Waals surface area contributed by atoms with E-state index >= 15 is 0 Å². The van der Waals surface area contributed by atoms with E-state index in [-0.39, 0.29) is 6.54 Å². The van der Waals surface area contributed by atoms with Gasteiger partial charge in [0.05, 0.1) is 35.3 Å². The second-order valence-electron chi connectivity index (χ2n) is 8.50. The van der Waals surface area contributed by atoms with Gasteiger partial charge in [0.25, 0.3) is 0 Å². The van der Waals surface area contributed by atoms with Crippen molar-refractivity contribution in [2.24, 2.45) is 0 Å². The molecule has 0 radical (unpaired) electrons. The highest BCUT2D eigenvalue weighted by molar-refractivity contribution is 7.17. The molecular weight excluding hydrogens is 430 g/mol. The Kier molecular flexibility index (Phi) is 6.01. The van der Waals surface area contributed by atoms with E-state index in [9.17, 15) is 9.59 Å². The molecule has 0 bridgehead atoms. The van der Waals surface area contributed by atoms with Crippen LogP contribution in [-0.4, -0.2) is 58.3 Å². The first-order chi connectivity index (χ1) is 15.2. The Balaban J connectivity index is 1.62. The van der Waals surface area contributed by atoms with E-state index in [1.807, 2.05) is 35.7 Å². The van der Waals surface area contributed by atoms with Crippen molar-refractivity contribution in [1.29, 1.82) is 0 Å². The van der Waals surface area contributed by atoms with Crippen molar-refractivity contribution in [3.05, 3.63) is 41.9 Å². The molecule has 168 valence electrons. The standard InChI is InChI=1S/C23H25N3O5S/c1-23(2,3)31-22(28)26-13-14(11-18(26)21(27)29-4)30-19-12-17(15-7-5-6-9-24-15)25-16-8-10-32-20(16)19/h5-10,12,14,18H,11,13H2,1-4H3/t14?,18-/m0/s1. The van der Waals surface area contributed by atoms with Crippen LogP contribution in [0.4, 0.5) is 4.79 Å². The molecule has 4 heterocycles. The highest BCUT2D eigenvalue weighted by Gasteiger charge is 2.43. The van der Waals surface area contributed by atoms with Crippen LogP contribution in [0.1, 0.15) is 27.2 Å². The maximum atomic E-state index is 12.7. The quantitative estimate of drug-likeness (QED) is 0.542. The molecule has 1 unspecified atom stereocenters. The molecule has 0 spiro atoms. The third-order valence-electron chi connectivity index (χ3n) is 4.96. The summed E-state index contributed by atoms with van der Waals surface area (Å²) in [5.74, 6) is 0.150. The smallest absolute Gasteiger partial charge is 0.411 e. The predicted octanol–water partition coefficient (Wildman–Crippen LogP) is 4.29. The SMILES string of the molecule is COC(=O)[C@@H]1CC(Oc2cc(-c3ccccn3)nc3ccsc23)CN1C(=O)OC(C)(C)C. The number of nitrogens with zero attached hydrogens (tertiary/aromatic N) is 3. The predicted molar refractivity (Wildman–Crippen MR) is 121 cm³/mol. The molecule has 1 aliphatic heterocycles. The third kappa shape index (κ3) is 4.67. The van der Waals surface area contributed by atoms with Gasteiger partial charge < -0.3 is 14.2 Å². The molecule has 1 amide bonds. The monoisotopic (exact) mass is 455 g/mol. The normalized spacial score (nSPS) is 18.6. The van der Waals surface area contributed by atoms with Crippen LogP contribution in [0, 0.1) is 0 Å². The number of hydrogen-bond donors (Lipinski definition) is 0. The Morgan fingerprint density at radius 1 is 1.19 bits per heavy atom. The van der Waals surface area contributed by atoms with Gasteiger partial charge in [-0.05, 0) is 44.4 Å². The first kappa shape index (κ1) is 22.0. The Labute approximate surface area is 190 Å². The van der Waals surface area contributed by atoms with Gasteiger partial charge in [-0.25, -0.2) is 14.6 Å². The Morgan fingerprint density at radius 3 is 2.69 bits per heavy atom. The molecule has 0 aliphatic carbocycles. The molecule has 0 N–H and O–H groups in total. The van der Waals surface area contributed by atoms with Crippen LogP contribution in [0.15, 0.2) is 41.9 Å². The number of aromatic nitrogens is 2. The summed E-state index contributed by atoms with van der Waals surface area (Å²) in [6.45, 7) is 5.56. The number of carbonyl (C=O) groups excluding carboxylic acids is 2.